The molecule has 14 heteroatoms. The quantitative estimate of drug-likeness (QED) is 0.207. The summed E-state index contributed by atoms with van der Waals surface area (Å²) in [7, 11) is 1.59. The third-order valence-electron chi connectivity index (χ3n) is 7.25. The molecule has 0 bridgehead atoms. The molecule has 0 spiro atoms. The number of rotatable bonds is 11. The van der Waals surface area contributed by atoms with Gasteiger partial charge in [-0.25, -0.2) is 9.78 Å². The van der Waals surface area contributed by atoms with E-state index in [9.17, 15) is 9.59 Å². The fourth-order valence-electron chi connectivity index (χ4n) is 5.21. The molecule has 0 aliphatic carbocycles. The van der Waals surface area contributed by atoms with Crippen LogP contribution >= 0.6 is 11.6 Å². The van der Waals surface area contributed by atoms with Crippen LogP contribution in [0.3, 0.4) is 0 Å². The fraction of sp³-hybridized carbons (Fsp3) is 0.267. The van der Waals surface area contributed by atoms with Crippen LogP contribution in [0.4, 0.5) is 10.5 Å². The van der Waals surface area contributed by atoms with E-state index < -0.39 is 6.09 Å². The zero-order chi connectivity index (χ0) is 30.5. The number of nitrogens with one attached hydrogen (secondary N) is 2. The molecule has 0 unspecified atom stereocenters. The Bertz CT molecular complexity index is 1800. The van der Waals surface area contributed by atoms with Gasteiger partial charge >= 0.3 is 6.09 Å². The molecule has 0 saturated carbocycles. The van der Waals surface area contributed by atoms with Crippen molar-refractivity contribution in [1.82, 2.24) is 34.7 Å². The summed E-state index contributed by atoms with van der Waals surface area (Å²) < 4.78 is 18.6. The number of tetrazole rings is 1. The van der Waals surface area contributed by atoms with Crippen molar-refractivity contribution in [3.63, 3.8) is 0 Å². The average Bonchev–Trinajstić information content (AvgIpc) is 3.81. The van der Waals surface area contributed by atoms with Crippen LogP contribution in [0.1, 0.15) is 23.9 Å². The van der Waals surface area contributed by atoms with Gasteiger partial charge in [0.2, 0.25) is 0 Å². The molecular weight excluding hydrogens is 588 g/mol. The van der Waals surface area contributed by atoms with Crippen LogP contribution in [-0.2, 0) is 20.6 Å². The third-order valence-corrected chi connectivity index (χ3v) is 7.49. The number of aromatic amines is 1. The first-order valence-corrected chi connectivity index (χ1v) is 14.3. The van der Waals surface area contributed by atoms with Crippen molar-refractivity contribution in [3.8, 4) is 28.2 Å². The minimum absolute atomic E-state index is 0.123. The number of H-pyrrole nitrogens is 1. The van der Waals surface area contributed by atoms with E-state index in [0.717, 1.165) is 46.6 Å². The summed E-state index contributed by atoms with van der Waals surface area (Å²) in [4.78, 5) is 33.5. The molecule has 1 atom stereocenters. The Labute approximate surface area is 256 Å². The first kappa shape index (κ1) is 29.2. The maximum Gasteiger partial charge on any atom is 0.411 e. The second-order valence-electron chi connectivity index (χ2n) is 10.0. The van der Waals surface area contributed by atoms with Crippen LogP contribution in [0.25, 0.3) is 28.2 Å². The van der Waals surface area contributed by atoms with Crippen LogP contribution < -0.4 is 10.9 Å². The Morgan fingerprint density at radius 2 is 1.91 bits per heavy atom. The van der Waals surface area contributed by atoms with Crippen molar-refractivity contribution in [2.75, 3.05) is 38.9 Å². The lowest BCUT2D eigenvalue weighted by Gasteiger charge is -2.15. The highest BCUT2D eigenvalue weighted by molar-refractivity contribution is 6.31. The van der Waals surface area contributed by atoms with Gasteiger partial charge in [-0.05, 0) is 77.4 Å². The monoisotopic (exact) mass is 616 g/mol. The Hall–Kier alpha value is -4.85. The number of nitrogens with zero attached hydrogens (tertiary/aromatic N) is 6. The topological polar surface area (TPSA) is 151 Å². The SMILES string of the molecule is COCCOCCOC(=O)Nc1ccc(-c2ncc([C@@H]3CCc4cc(-c5cc(Cl)ccc5-n5cnnn5)cc(=O)n43)[nH]2)cc1. The highest BCUT2D eigenvalue weighted by atomic mass is 35.5. The van der Waals surface area contributed by atoms with Crippen molar-refractivity contribution in [1.29, 1.82) is 0 Å². The lowest BCUT2D eigenvalue weighted by Crippen LogP contribution is -2.23. The van der Waals surface area contributed by atoms with Gasteiger partial charge in [0.15, 0.2) is 0 Å². The number of fused-ring (bicyclic) bond motifs is 1. The van der Waals surface area contributed by atoms with E-state index in [1.54, 1.807) is 42.3 Å². The van der Waals surface area contributed by atoms with Crippen LogP contribution in [0, 0.1) is 0 Å². The van der Waals surface area contributed by atoms with Crippen molar-refractivity contribution in [2.45, 2.75) is 18.9 Å². The number of imidazole rings is 1. The number of methoxy groups -OCH3 is 1. The van der Waals surface area contributed by atoms with E-state index in [1.165, 1.54) is 6.33 Å². The summed E-state index contributed by atoms with van der Waals surface area (Å²) in [5.74, 6) is 0.658. The number of aryl methyl sites for hydroxylation is 1. The number of hydrogen-bond donors (Lipinski definition) is 2. The Kier molecular flexibility index (Phi) is 8.77. The minimum atomic E-state index is -0.566. The van der Waals surface area contributed by atoms with Crippen LogP contribution in [0.2, 0.25) is 5.02 Å². The lowest BCUT2D eigenvalue weighted by molar-refractivity contribution is 0.0447. The normalized spacial score (nSPS) is 14.0. The Morgan fingerprint density at radius 3 is 2.70 bits per heavy atom. The molecule has 0 saturated heterocycles. The zero-order valence-corrected chi connectivity index (χ0v) is 24.5. The summed E-state index contributed by atoms with van der Waals surface area (Å²) in [6.45, 7) is 1.36. The number of pyridine rings is 1. The minimum Gasteiger partial charge on any atom is -0.447 e. The van der Waals surface area contributed by atoms with E-state index in [-0.39, 0.29) is 18.2 Å². The summed E-state index contributed by atoms with van der Waals surface area (Å²) in [6, 6.07) is 16.1. The number of halogens is 1. The van der Waals surface area contributed by atoms with Gasteiger partial charge in [-0.1, -0.05) is 11.6 Å². The number of benzene rings is 2. The van der Waals surface area contributed by atoms with Crippen LogP contribution in [0.15, 0.2) is 71.9 Å². The summed E-state index contributed by atoms with van der Waals surface area (Å²) in [5, 5.41) is 14.7. The molecule has 1 aliphatic rings. The van der Waals surface area contributed by atoms with Gasteiger partial charge in [0, 0.05) is 40.7 Å². The first-order valence-electron chi connectivity index (χ1n) is 13.9. The number of ether oxygens (including phenoxy) is 3. The second-order valence-corrected chi connectivity index (χ2v) is 10.5. The summed E-state index contributed by atoms with van der Waals surface area (Å²) in [6.07, 6.45) is 4.17. The van der Waals surface area contributed by atoms with Gasteiger partial charge < -0.3 is 23.8 Å². The largest absolute Gasteiger partial charge is 0.447 e. The Morgan fingerprint density at radius 1 is 1.07 bits per heavy atom. The third kappa shape index (κ3) is 6.39. The molecule has 226 valence electrons. The number of aromatic nitrogens is 7. The second kappa shape index (κ2) is 13.2. The number of carbonyl (C=O) groups is 1. The van der Waals surface area contributed by atoms with Gasteiger partial charge in [-0.3, -0.25) is 10.1 Å². The maximum atomic E-state index is 13.5. The fourth-order valence-corrected chi connectivity index (χ4v) is 5.38. The molecule has 2 N–H and O–H groups in total. The van der Waals surface area contributed by atoms with Gasteiger partial charge in [-0.15, -0.1) is 5.10 Å². The van der Waals surface area contributed by atoms with E-state index in [2.05, 4.69) is 30.8 Å². The maximum absolute atomic E-state index is 13.5. The van der Waals surface area contributed by atoms with Gasteiger partial charge in [-0.2, -0.15) is 4.68 Å². The molecule has 44 heavy (non-hydrogen) atoms. The van der Waals surface area contributed by atoms with E-state index in [1.807, 2.05) is 34.9 Å². The van der Waals surface area contributed by atoms with Crippen molar-refractivity contribution >= 4 is 23.4 Å². The van der Waals surface area contributed by atoms with Gasteiger partial charge in [0.1, 0.15) is 18.8 Å². The van der Waals surface area contributed by atoms with Gasteiger partial charge in [0.25, 0.3) is 5.56 Å². The number of carbonyl (C=O) groups excluding carboxylic acids is 1. The highest BCUT2D eigenvalue weighted by Gasteiger charge is 2.27. The molecule has 5 aromatic rings. The van der Waals surface area contributed by atoms with Crippen LogP contribution in [0.5, 0.6) is 0 Å². The molecular formula is C30H29ClN8O5. The molecule has 1 aliphatic heterocycles. The van der Waals surface area contributed by atoms with E-state index in [4.69, 9.17) is 25.8 Å². The highest BCUT2D eigenvalue weighted by Crippen LogP contribution is 2.34. The lowest BCUT2D eigenvalue weighted by atomic mass is 10.0. The predicted molar refractivity (Wildman–Crippen MR) is 162 cm³/mol. The zero-order valence-electron chi connectivity index (χ0n) is 23.8. The molecule has 4 heterocycles. The predicted octanol–water partition coefficient (Wildman–Crippen LogP) is 4.28. The number of anilines is 1. The molecule has 2 aromatic carbocycles. The van der Waals surface area contributed by atoms with Crippen LogP contribution in [-0.4, -0.2) is 74.4 Å². The molecule has 0 fully saturated rings. The number of hydrogen-bond acceptors (Lipinski definition) is 9. The average molecular weight is 617 g/mol. The van der Waals surface area contributed by atoms with E-state index in [0.29, 0.717) is 36.4 Å². The van der Waals surface area contributed by atoms with E-state index >= 15 is 0 Å². The molecule has 0 radical (unpaired) electrons. The smallest absolute Gasteiger partial charge is 0.411 e. The first-order chi connectivity index (χ1) is 21.5. The molecule has 6 rings (SSSR count). The summed E-state index contributed by atoms with van der Waals surface area (Å²) in [5.41, 5.74) is 5.27. The molecule has 13 nitrogen and oxygen atoms in total. The summed E-state index contributed by atoms with van der Waals surface area (Å²) >= 11 is 6.32. The number of amides is 1. The Balaban J connectivity index is 1.14. The van der Waals surface area contributed by atoms with Crippen molar-refractivity contribution < 1.29 is 19.0 Å². The van der Waals surface area contributed by atoms with Gasteiger partial charge in [0.05, 0.1) is 43.4 Å². The molecule has 1 amide bonds. The standard InChI is InChI=1S/C30H29ClN8O5/c1-42-10-11-43-12-13-44-30(41)34-22-5-2-19(3-6-22)29-32-17-25(35-29)27-9-7-23-14-20(15-28(40)39(23)27)24-16-21(31)4-8-26(24)38-18-33-36-37-38/h2-6,8,14-18,27H,7,9-13H2,1H3,(H,32,35)(H,34,41)/t27-/m0/s1. The van der Waals surface area contributed by atoms with Crippen molar-refractivity contribution in [3.05, 3.63) is 93.9 Å². The molecule has 3 aromatic heterocycles. The van der Waals surface area contributed by atoms with Crippen molar-refractivity contribution in [2.24, 2.45) is 0 Å².